The number of thioether (sulfide) groups is 1. The van der Waals surface area contributed by atoms with Crippen molar-refractivity contribution in [2.75, 3.05) is 7.11 Å². The second-order valence-electron chi connectivity index (χ2n) is 4.79. The fourth-order valence-corrected chi connectivity index (χ4v) is 5.01. The first-order valence-electron chi connectivity index (χ1n) is 7.08. The Bertz CT molecular complexity index is 802. The van der Waals surface area contributed by atoms with Crippen molar-refractivity contribution in [3.8, 4) is 10.1 Å². The van der Waals surface area contributed by atoms with Gasteiger partial charge in [0.25, 0.3) is 0 Å². The number of methoxy groups -OCH3 is 1. The Hall–Kier alpha value is -1.81. The monoisotopic (exact) mass is 389 g/mol. The van der Waals surface area contributed by atoms with E-state index in [9.17, 15) is 4.79 Å². The predicted molar refractivity (Wildman–Crippen MR) is 94.0 cm³/mol. The van der Waals surface area contributed by atoms with Gasteiger partial charge in [0, 0.05) is 0 Å². The number of nitrogens with zero attached hydrogens (tertiary/aromatic N) is 1. The Morgan fingerprint density at radius 2 is 1.87 bits per heavy atom. The van der Waals surface area contributed by atoms with Gasteiger partial charge in [-0.05, 0) is 0 Å². The van der Waals surface area contributed by atoms with Gasteiger partial charge in [0.1, 0.15) is 0 Å². The number of esters is 1. The summed E-state index contributed by atoms with van der Waals surface area (Å²) in [6.45, 7) is 0. The molecule has 0 fully saturated rings. The number of benzene rings is 2. The van der Waals surface area contributed by atoms with E-state index in [0.717, 1.165) is 20.9 Å². The van der Waals surface area contributed by atoms with E-state index in [1.807, 2.05) is 36.4 Å². The molecule has 3 nitrogen and oxygen atoms in total. The molecule has 2 aromatic carbocycles. The second-order valence-corrected chi connectivity index (χ2v) is 7.60. The third kappa shape index (κ3) is 3.94. The van der Waals surface area contributed by atoms with Crippen molar-refractivity contribution in [3.05, 3.63) is 70.8 Å². The fourth-order valence-electron chi connectivity index (χ4n) is 2.11. The van der Waals surface area contributed by atoms with E-state index in [2.05, 4.69) is 17.1 Å². The van der Waals surface area contributed by atoms with E-state index in [-0.39, 0.29) is 20.5 Å². The van der Waals surface area contributed by atoms with E-state index in [1.54, 1.807) is 17.8 Å². The molecule has 0 bridgehead atoms. The fraction of sp³-hybridized carbons (Fsp3) is 0.111. The van der Waals surface area contributed by atoms with Gasteiger partial charge in [0.2, 0.25) is 0 Å². The Morgan fingerprint density at radius 3 is 2.65 bits per heavy atom. The molecule has 3 aromatic rings. The molecule has 0 radical (unpaired) electrons. The number of hydrogen-bond donors (Lipinski definition) is 0. The van der Waals surface area contributed by atoms with Gasteiger partial charge in [-0.3, -0.25) is 0 Å². The van der Waals surface area contributed by atoms with Crippen LogP contribution in [0.25, 0.3) is 10.1 Å². The minimum atomic E-state index is -0.300. The van der Waals surface area contributed by atoms with Gasteiger partial charge in [-0.25, -0.2) is 0 Å². The first kappa shape index (κ1) is 16.1. The average Bonchev–Trinajstić information content (AvgIpc) is 3.09. The zero-order valence-corrected chi connectivity index (χ0v) is 15.1. The maximum absolute atomic E-state index is 11.8. The topological polar surface area (TPSA) is 39.2 Å². The molecule has 1 heterocycles. The quantitative estimate of drug-likeness (QED) is 0.378. The van der Waals surface area contributed by atoms with E-state index in [4.69, 9.17) is 9.72 Å². The SMILES string of the molecule is COC(=O)c1ccccc1SCc1c[se]c(-c2ccccc2)n1. The molecule has 23 heavy (non-hydrogen) atoms. The van der Waals surface area contributed by atoms with Crippen LogP contribution in [0.5, 0.6) is 0 Å². The summed E-state index contributed by atoms with van der Waals surface area (Å²) in [5.41, 5.74) is 2.88. The summed E-state index contributed by atoms with van der Waals surface area (Å²) in [6.07, 6.45) is 0. The minimum absolute atomic E-state index is 0.277. The van der Waals surface area contributed by atoms with Crippen molar-refractivity contribution >= 4 is 32.2 Å². The number of rotatable bonds is 5. The maximum atomic E-state index is 11.8. The van der Waals surface area contributed by atoms with E-state index in [0.29, 0.717) is 5.56 Å². The summed E-state index contributed by atoms with van der Waals surface area (Å²) in [4.78, 5) is 19.7. The number of ether oxygens (including phenoxy) is 1. The van der Waals surface area contributed by atoms with E-state index >= 15 is 0 Å². The van der Waals surface area contributed by atoms with Crippen molar-refractivity contribution in [1.82, 2.24) is 4.98 Å². The van der Waals surface area contributed by atoms with Crippen molar-refractivity contribution < 1.29 is 9.53 Å². The molecule has 0 aliphatic rings. The molecule has 0 atom stereocenters. The zero-order valence-electron chi connectivity index (χ0n) is 12.6. The number of hydrogen-bond acceptors (Lipinski definition) is 4. The van der Waals surface area contributed by atoms with Gasteiger partial charge in [-0.1, -0.05) is 0 Å². The molecule has 0 saturated heterocycles. The summed E-state index contributed by atoms with van der Waals surface area (Å²) in [5, 5.41) is 0. The number of carbonyl (C=O) groups is 1. The molecule has 0 N–H and O–H groups in total. The van der Waals surface area contributed by atoms with E-state index in [1.165, 1.54) is 12.7 Å². The summed E-state index contributed by atoms with van der Waals surface area (Å²) in [5.74, 6) is 0.456. The third-order valence-electron chi connectivity index (χ3n) is 3.24. The molecule has 0 aliphatic heterocycles. The van der Waals surface area contributed by atoms with Crippen LogP contribution in [-0.4, -0.2) is 32.6 Å². The van der Waals surface area contributed by atoms with Crippen LogP contribution in [0.3, 0.4) is 0 Å². The Balaban J connectivity index is 1.73. The van der Waals surface area contributed by atoms with Gasteiger partial charge >= 0.3 is 145 Å². The molecular formula is C18H15NO2SSe. The van der Waals surface area contributed by atoms with Crippen LogP contribution < -0.4 is 0 Å². The normalized spacial score (nSPS) is 10.5. The molecule has 0 unspecified atom stereocenters. The molecule has 1 aromatic heterocycles. The number of carbonyl (C=O) groups excluding carboxylic acids is 1. The van der Waals surface area contributed by atoms with Gasteiger partial charge in [-0.15, -0.1) is 0 Å². The Kier molecular flexibility index (Phi) is 5.34. The Morgan fingerprint density at radius 1 is 1.13 bits per heavy atom. The van der Waals surface area contributed by atoms with Crippen LogP contribution in [0.2, 0.25) is 0 Å². The first-order chi connectivity index (χ1) is 11.3. The predicted octanol–water partition coefficient (Wildman–Crippen LogP) is 3.88. The van der Waals surface area contributed by atoms with Crippen LogP contribution in [-0.2, 0) is 10.5 Å². The van der Waals surface area contributed by atoms with Crippen LogP contribution in [0.1, 0.15) is 16.1 Å². The summed E-state index contributed by atoms with van der Waals surface area (Å²) in [6, 6.07) is 17.8. The Labute approximate surface area is 145 Å². The molecule has 3 rings (SSSR count). The molecule has 0 aliphatic carbocycles. The van der Waals surface area contributed by atoms with Crippen LogP contribution >= 0.6 is 11.8 Å². The standard InChI is InChI=1S/C18H15NO2SSe/c1-21-18(20)15-9-5-6-10-16(15)22-11-14-12-23-17(19-14)13-7-3-2-4-8-13/h2-10,12H,11H2,1H3. The van der Waals surface area contributed by atoms with Crippen LogP contribution in [0.15, 0.2) is 64.4 Å². The van der Waals surface area contributed by atoms with Crippen LogP contribution in [0.4, 0.5) is 0 Å². The summed E-state index contributed by atoms with van der Waals surface area (Å²) >= 11 is 1.90. The van der Waals surface area contributed by atoms with Crippen LogP contribution in [0, 0.1) is 0 Å². The van der Waals surface area contributed by atoms with Crippen molar-refractivity contribution in [1.29, 1.82) is 0 Å². The number of aromatic nitrogens is 1. The first-order valence-corrected chi connectivity index (χ1v) is 9.91. The van der Waals surface area contributed by atoms with E-state index < -0.39 is 0 Å². The van der Waals surface area contributed by atoms with Crippen molar-refractivity contribution in [3.63, 3.8) is 0 Å². The third-order valence-corrected chi connectivity index (χ3v) is 6.32. The average molecular weight is 388 g/mol. The molecule has 116 valence electrons. The molecule has 0 saturated carbocycles. The zero-order chi connectivity index (χ0) is 16.1. The molecule has 0 amide bonds. The summed E-state index contributed by atoms with van der Waals surface area (Å²) < 4.78 is 5.99. The van der Waals surface area contributed by atoms with Gasteiger partial charge in [0.05, 0.1) is 0 Å². The molecule has 5 heteroatoms. The second kappa shape index (κ2) is 7.64. The van der Waals surface area contributed by atoms with Crippen molar-refractivity contribution in [2.45, 2.75) is 10.6 Å². The molecule has 0 spiro atoms. The van der Waals surface area contributed by atoms with Gasteiger partial charge < -0.3 is 0 Å². The van der Waals surface area contributed by atoms with Gasteiger partial charge in [-0.2, -0.15) is 0 Å². The summed E-state index contributed by atoms with van der Waals surface area (Å²) in [7, 11) is 1.40. The van der Waals surface area contributed by atoms with Gasteiger partial charge in [0.15, 0.2) is 0 Å². The molecular weight excluding hydrogens is 373 g/mol. The van der Waals surface area contributed by atoms with Crippen molar-refractivity contribution in [2.24, 2.45) is 0 Å².